The molecule has 2 N–H and O–H groups in total. The van der Waals surface area contributed by atoms with E-state index >= 15 is 0 Å². The van der Waals surface area contributed by atoms with Gasteiger partial charge < -0.3 is 0 Å². The maximum absolute atomic E-state index is 11.9. The third-order valence-electron chi connectivity index (χ3n) is 3.11. The number of thioether (sulfide) groups is 1. The van der Waals surface area contributed by atoms with E-state index in [1.165, 1.54) is 23.1 Å². The molecule has 0 saturated heterocycles. The van der Waals surface area contributed by atoms with Crippen LogP contribution in [0.1, 0.15) is 5.56 Å². The summed E-state index contributed by atoms with van der Waals surface area (Å²) in [7, 11) is 0. The predicted octanol–water partition coefficient (Wildman–Crippen LogP) is 4.49. The van der Waals surface area contributed by atoms with Crippen LogP contribution in [0.15, 0.2) is 47.4 Å². The summed E-state index contributed by atoms with van der Waals surface area (Å²) in [6.07, 6.45) is 0. The van der Waals surface area contributed by atoms with Gasteiger partial charge in [-0.2, -0.15) is 0 Å². The Morgan fingerprint density at radius 1 is 1.26 bits per heavy atom. The fraction of sp³-hybridized carbons (Fsp3) is 0.125. The molecule has 0 radical (unpaired) electrons. The van der Waals surface area contributed by atoms with Crippen LogP contribution in [0.4, 0.5) is 5.13 Å². The van der Waals surface area contributed by atoms with Crippen LogP contribution in [-0.2, 0) is 4.79 Å². The Morgan fingerprint density at radius 3 is 2.78 bits per heavy atom. The number of fused-ring (bicyclic) bond motifs is 1. The van der Waals surface area contributed by atoms with E-state index in [-0.39, 0.29) is 5.91 Å². The number of para-hydroxylation sites is 1. The summed E-state index contributed by atoms with van der Waals surface area (Å²) >= 11 is 8.80. The molecule has 0 aliphatic carbocycles. The van der Waals surface area contributed by atoms with Crippen molar-refractivity contribution in [1.82, 2.24) is 10.4 Å². The van der Waals surface area contributed by atoms with Crippen LogP contribution in [0, 0.1) is 6.92 Å². The molecule has 1 aromatic heterocycles. The highest BCUT2D eigenvalue weighted by molar-refractivity contribution is 8.00. The van der Waals surface area contributed by atoms with E-state index in [0.717, 1.165) is 20.7 Å². The van der Waals surface area contributed by atoms with E-state index in [0.29, 0.717) is 15.9 Å². The average Bonchev–Trinajstić information content (AvgIpc) is 2.97. The zero-order valence-corrected chi connectivity index (χ0v) is 14.7. The molecule has 1 amide bonds. The number of nitrogens with zero attached hydrogens (tertiary/aromatic N) is 1. The van der Waals surface area contributed by atoms with Crippen molar-refractivity contribution in [1.29, 1.82) is 0 Å². The number of hydrogen-bond donors (Lipinski definition) is 2. The molecule has 0 fully saturated rings. The van der Waals surface area contributed by atoms with E-state index in [9.17, 15) is 4.79 Å². The first-order valence-electron chi connectivity index (χ1n) is 6.91. The molecule has 0 bridgehead atoms. The van der Waals surface area contributed by atoms with Gasteiger partial charge in [-0.25, -0.2) is 4.98 Å². The number of aryl methyl sites for hydroxylation is 1. The van der Waals surface area contributed by atoms with Crippen molar-refractivity contribution < 1.29 is 4.79 Å². The lowest BCUT2D eigenvalue weighted by atomic mass is 10.2. The quantitative estimate of drug-likeness (QED) is 0.518. The highest BCUT2D eigenvalue weighted by Crippen LogP contribution is 2.27. The van der Waals surface area contributed by atoms with Gasteiger partial charge in [-0.3, -0.25) is 15.6 Å². The van der Waals surface area contributed by atoms with Crippen LogP contribution in [0.5, 0.6) is 0 Å². The number of nitrogens with one attached hydrogen (secondary N) is 2. The van der Waals surface area contributed by atoms with E-state index < -0.39 is 0 Å². The van der Waals surface area contributed by atoms with Gasteiger partial charge in [0, 0.05) is 9.92 Å². The van der Waals surface area contributed by atoms with Crippen LogP contribution in [0.3, 0.4) is 0 Å². The van der Waals surface area contributed by atoms with E-state index in [4.69, 9.17) is 11.6 Å². The topological polar surface area (TPSA) is 54.0 Å². The Labute approximate surface area is 147 Å². The minimum atomic E-state index is -0.110. The summed E-state index contributed by atoms with van der Waals surface area (Å²) in [5, 5.41) is 1.37. The van der Waals surface area contributed by atoms with Gasteiger partial charge in [-0.1, -0.05) is 35.1 Å². The molecule has 1 heterocycles. The second-order valence-electron chi connectivity index (χ2n) is 4.86. The second-order valence-corrected chi connectivity index (χ2v) is 7.37. The number of aromatic nitrogens is 1. The summed E-state index contributed by atoms with van der Waals surface area (Å²) in [6, 6.07) is 13.4. The Kier molecular flexibility index (Phi) is 5.05. The van der Waals surface area contributed by atoms with Gasteiger partial charge in [0.15, 0.2) is 0 Å². The standard InChI is InChI=1S/C16H14ClN3OS2/c1-10-3-2-4-13-15(10)18-16(23-13)20-19-14(21)9-22-12-7-5-11(17)6-8-12/h2-8H,9H2,1H3,(H,18,20)(H,19,21). The smallest absolute Gasteiger partial charge is 0.248 e. The van der Waals surface area contributed by atoms with Crippen molar-refractivity contribution in [3.8, 4) is 0 Å². The van der Waals surface area contributed by atoms with E-state index in [1.807, 2.05) is 49.4 Å². The molecule has 0 atom stereocenters. The number of benzene rings is 2. The average molecular weight is 364 g/mol. The Balaban J connectivity index is 1.53. The summed E-state index contributed by atoms with van der Waals surface area (Å²) in [5.41, 5.74) is 7.64. The Bertz CT molecular complexity index is 833. The lowest BCUT2D eigenvalue weighted by Gasteiger charge is -2.05. The van der Waals surface area contributed by atoms with E-state index in [2.05, 4.69) is 15.8 Å². The SMILES string of the molecule is Cc1cccc2sc(NNC(=O)CSc3ccc(Cl)cc3)nc12. The van der Waals surface area contributed by atoms with Gasteiger partial charge in [0.05, 0.1) is 16.0 Å². The molecule has 0 saturated carbocycles. The Hall–Kier alpha value is -1.76. The molecule has 0 unspecified atom stereocenters. The predicted molar refractivity (Wildman–Crippen MR) is 98.3 cm³/mol. The monoisotopic (exact) mass is 363 g/mol. The first-order valence-corrected chi connectivity index (χ1v) is 9.09. The third-order valence-corrected chi connectivity index (χ3v) is 5.31. The van der Waals surface area contributed by atoms with Gasteiger partial charge in [0.1, 0.15) is 0 Å². The first kappa shape index (κ1) is 16.1. The molecular formula is C16H14ClN3OS2. The van der Waals surface area contributed by atoms with Crippen molar-refractivity contribution >= 4 is 56.0 Å². The minimum absolute atomic E-state index is 0.110. The van der Waals surface area contributed by atoms with Gasteiger partial charge in [-0.05, 0) is 42.8 Å². The molecule has 0 spiro atoms. The summed E-state index contributed by atoms with van der Waals surface area (Å²) in [6.45, 7) is 2.02. The summed E-state index contributed by atoms with van der Waals surface area (Å²) < 4.78 is 1.09. The lowest BCUT2D eigenvalue weighted by Crippen LogP contribution is -2.30. The summed E-state index contributed by atoms with van der Waals surface area (Å²) in [5.74, 6) is 0.208. The molecule has 7 heteroatoms. The molecule has 3 aromatic rings. The largest absolute Gasteiger partial charge is 0.273 e. The number of anilines is 1. The van der Waals surface area contributed by atoms with Crippen molar-refractivity contribution in [3.63, 3.8) is 0 Å². The number of thiazole rings is 1. The molecule has 2 aromatic carbocycles. The number of carbonyl (C=O) groups excluding carboxylic acids is 1. The number of hydrogen-bond acceptors (Lipinski definition) is 5. The zero-order chi connectivity index (χ0) is 16.2. The van der Waals surface area contributed by atoms with Crippen molar-refractivity contribution in [3.05, 3.63) is 53.1 Å². The lowest BCUT2D eigenvalue weighted by molar-refractivity contribution is -0.118. The fourth-order valence-corrected chi connectivity index (χ4v) is 3.70. The number of carbonyl (C=O) groups is 1. The van der Waals surface area contributed by atoms with Gasteiger partial charge in [0.25, 0.3) is 0 Å². The third kappa shape index (κ3) is 4.16. The molecule has 4 nitrogen and oxygen atoms in total. The number of hydrazine groups is 1. The van der Waals surface area contributed by atoms with Crippen LogP contribution >= 0.6 is 34.7 Å². The second kappa shape index (κ2) is 7.21. The molecule has 3 rings (SSSR count). The minimum Gasteiger partial charge on any atom is -0.273 e. The highest BCUT2D eigenvalue weighted by atomic mass is 35.5. The molecule has 0 aliphatic rings. The molecule has 0 aliphatic heterocycles. The maximum Gasteiger partial charge on any atom is 0.248 e. The molecular weight excluding hydrogens is 350 g/mol. The Morgan fingerprint density at radius 2 is 2.04 bits per heavy atom. The van der Waals surface area contributed by atoms with Gasteiger partial charge in [-0.15, -0.1) is 11.8 Å². The van der Waals surface area contributed by atoms with Gasteiger partial charge in [0.2, 0.25) is 11.0 Å². The highest BCUT2D eigenvalue weighted by Gasteiger charge is 2.07. The fourth-order valence-electron chi connectivity index (χ4n) is 1.98. The van der Waals surface area contributed by atoms with Crippen molar-refractivity contribution in [2.75, 3.05) is 11.2 Å². The zero-order valence-electron chi connectivity index (χ0n) is 12.3. The first-order chi connectivity index (χ1) is 11.1. The van der Waals surface area contributed by atoms with Crippen LogP contribution in [0.2, 0.25) is 5.02 Å². The number of halogens is 1. The van der Waals surface area contributed by atoms with Crippen molar-refractivity contribution in [2.45, 2.75) is 11.8 Å². The van der Waals surface area contributed by atoms with Crippen LogP contribution in [-0.4, -0.2) is 16.6 Å². The molecule has 23 heavy (non-hydrogen) atoms. The summed E-state index contributed by atoms with van der Waals surface area (Å²) in [4.78, 5) is 17.4. The van der Waals surface area contributed by atoms with E-state index in [1.54, 1.807) is 0 Å². The van der Waals surface area contributed by atoms with Crippen molar-refractivity contribution in [2.24, 2.45) is 0 Å². The molecule has 118 valence electrons. The maximum atomic E-state index is 11.9. The normalized spacial score (nSPS) is 10.7. The van der Waals surface area contributed by atoms with Gasteiger partial charge >= 0.3 is 0 Å². The van der Waals surface area contributed by atoms with Crippen LogP contribution < -0.4 is 10.9 Å². The number of rotatable bonds is 5. The van der Waals surface area contributed by atoms with Crippen LogP contribution in [0.25, 0.3) is 10.2 Å². The number of amides is 1.